The van der Waals surface area contributed by atoms with Gasteiger partial charge in [-0.05, 0) is 51.3 Å². The van der Waals surface area contributed by atoms with Gasteiger partial charge in [0.15, 0.2) is 0 Å². The van der Waals surface area contributed by atoms with E-state index in [1.54, 1.807) is 6.21 Å². The first kappa shape index (κ1) is 13.3. The van der Waals surface area contributed by atoms with Gasteiger partial charge in [0.05, 0.1) is 6.21 Å². The van der Waals surface area contributed by atoms with Gasteiger partial charge in [-0.2, -0.15) is 0 Å². The lowest BCUT2D eigenvalue weighted by molar-refractivity contribution is 0.562. The molecule has 16 heavy (non-hydrogen) atoms. The predicted molar refractivity (Wildman–Crippen MR) is 71.4 cm³/mol. The second kappa shape index (κ2) is 5.02. The molecule has 1 aromatic carbocycles. The third-order valence-electron chi connectivity index (χ3n) is 2.35. The number of rotatable bonds is 2. The monoisotopic (exact) mass is 237 g/mol. The van der Waals surface area contributed by atoms with Crippen LogP contribution >= 0.6 is 0 Å². The first-order valence-electron chi connectivity index (χ1n) is 5.34. The Morgan fingerprint density at radius 1 is 1.19 bits per heavy atom. The number of hydrogen-bond donors (Lipinski definition) is 0. The van der Waals surface area contributed by atoms with Crippen LogP contribution in [0.3, 0.4) is 0 Å². The molecule has 0 aliphatic carbocycles. The third kappa shape index (κ3) is 3.65. The zero-order chi connectivity index (χ0) is 12.3. The van der Waals surface area contributed by atoms with Crippen LogP contribution in [-0.2, 0) is 11.4 Å². The topological polar surface area (TPSA) is 35.4 Å². The van der Waals surface area contributed by atoms with Crippen molar-refractivity contribution < 1.29 is 4.55 Å². The minimum Gasteiger partial charge on any atom is -0.591 e. The Kier molecular flexibility index (Phi) is 4.16. The van der Waals surface area contributed by atoms with E-state index >= 15 is 0 Å². The molecule has 0 radical (unpaired) electrons. The second-order valence-electron chi connectivity index (χ2n) is 4.94. The first-order chi connectivity index (χ1) is 7.30. The molecule has 0 saturated heterocycles. The van der Waals surface area contributed by atoms with E-state index in [1.807, 2.05) is 26.8 Å². The van der Waals surface area contributed by atoms with E-state index in [2.05, 4.69) is 30.4 Å². The van der Waals surface area contributed by atoms with Crippen LogP contribution in [0.2, 0.25) is 0 Å². The summed E-state index contributed by atoms with van der Waals surface area (Å²) in [5, 5.41) is 0. The highest BCUT2D eigenvalue weighted by Crippen LogP contribution is 2.17. The number of nitrogens with zero attached hydrogens (tertiary/aromatic N) is 1. The molecule has 0 fully saturated rings. The highest BCUT2D eigenvalue weighted by Gasteiger charge is 2.25. The Morgan fingerprint density at radius 2 is 1.81 bits per heavy atom. The van der Waals surface area contributed by atoms with Gasteiger partial charge >= 0.3 is 0 Å². The summed E-state index contributed by atoms with van der Waals surface area (Å²) in [5.41, 5.74) is 3.49. The number of aryl methyl sites for hydroxylation is 2. The van der Waals surface area contributed by atoms with Crippen LogP contribution in [0.15, 0.2) is 22.6 Å². The summed E-state index contributed by atoms with van der Waals surface area (Å²) in [5.74, 6) is 0. The van der Waals surface area contributed by atoms with Crippen LogP contribution in [0.4, 0.5) is 0 Å². The molecule has 88 valence electrons. The van der Waals surface area contributed by atoms with Crippen LogP contribution < -0.4 is 0 Å². The molecule has 0 spiro atoms. The van der Waals surface area contributed by atoms with E-state index in [4.69, 9.17) is 0 Å². The maximum absolute atomic E-state index is 11.7. The summed E-state index contributed by atoms with van der Waals surface area (Å²) in [6, 6.07) is 6.10. The molecule has 0 N–H and O–H groups in total. The lowest BCUT2D eigenvalue weighted by Crippen LogP contribution is -2.25. The fourth-order valence-corrected chi connectivity index (χ4v) is 1.65. The fourth-order valence-electron chi connectivity index (χ4n) is 1.11. The first-order valence-corrected chi connectivity index (χ1v) is 6.45. The van der Waals surface area contributed by atoms with E-state index in [9.17, 15) is 4.55 Å². The van der Waals surface area contributed by atoms with E-state index in [-0.39, 0.29) is 4.75 Å². The Bertz CT molecular complexity index is 393. The van der Waals surface area contributed by atoms with Crippen molar-refractivity contribution in [2.45, 2.75) is 39.4 Å². The smallest absolute Gasteiger partial charge is 0.144 e. The third-order valence-corrected chi connectivity index (χ3v) is 3.70. The van der Waals surface area contributed by atoms with Crippen LogP contribution in [0, 0.1) is 13.8 Å². The fraction of sp³-hybridized carbons (Fsp3) is 0.462. The summed E-state index contributed by atoms with van der Waals surface area (Å²) in [6.07, 6.45) is 1.69. The molecule has 0 amide bonds. The Balaban J connectivity index is 2.81. The van der Waals surface area contributed by atoms with Crippen molar-refractivity contribution in [2.24, 2.45) is 4.40 Å². The predicted octanol–water partition coefficient (Wildman–Crippen LogP) is 3.18. The van der Waals surface area contributed by atoms with Crippen LogP contribution in [-0.4, -0.2) is 15.5 Å². The van der Waals surface area contributed by atoms with Gasteiger partial charge < -0.3 is 4.55 Å². The van der Waals surface area contributed by atoms with Crippen molar-refractivity contribution in [1.82, 2.24) is 0 Å². The number of hydrogen-bond acceptors (Lipinski definition) is 2. The maximum atomic E-state index is 11.7. The average Bonchev–Trinajstić information content (AvgIpc) is 2.18. The van der Waals surface area contributed by atoms with Gasteiger partial charge in [0.25, 0.3) is 0 Å². The second-order valence-corrected chi connectivity index (χ2v) is 6.87. The van der Waals surface area contributed by atoms with Crippen LogP contribution in [0.25, 0.3) is 0 Å². The Hall–Kier alpha value is -0.800. The zero-order valence-electron chi connectivity index (χ0n) is 10.6. The largest absolute Gasteiger partial charge is 0.591 e. The number of benzene rings is 1. The van der Waals surface area contributed by atoms with E-state index in [1.165, 1.54) is 11.1 Å². The molecular formula is C13H19NOS. The molecule has 3 heteroatoms. The van der Waals surface area contributed by atoms with Crippen LogP contribution in [0.1, 0.15) is 37.5 Å². The molecule has 0 aliphatic heterocycles. The van der Waals surface area contributed by atoms with E-state index in [0.717, 1.165) is 5.56 Å². The van der Waals surface area contributed by atoms with Crippen molar-refractivity contribution in [2.75, 3.05) is 0 Å². The summed E-state index contributed by atoms with van der Waals surface area (Å²) in [7, 11) is 0. The maximum Gasteiger partial charge on any atom is 0.144 e. The van der Waals surface area contributed by atoms with Gasteiger partial charge in [-0.3, -0.25) is 0 Å². The van der Waals surface area contributed by atoms with Crippen molar-refractivity contribution in [3.05, 3.63) is 34.9 Å². The normalized spacial score (nSPS) is 14.4. The van der Waals surface area contributed by atoms with Gasteiger partial charge in [0, 0.05) is 0 Å². The molecule has 0 aliphatic rings. The molecule has 1 unspecified atom stereocenters. The molecule has 1 atom stereocenters. The highest BCUT2D eigenvalue weighted by atomic mass is 32.2. The lowest BCUT2D eigenvalue weighted by atomic mass is 10.1. The van der Waals surface area contributed by atoms with Crippen molar-refractivity contribution in [1.29, 1.82) is 0 Å². The van der Waals surface area contributed by atoms with Gasteiger partial charge in [-0.25, -0.2) is 0 Å². The van der Waals surface area contributed by atoms with Gasteiger partial charge in [0.1, 0.15) is 16.1 Å². The molecule has 1 aromatic rings. The standard InChI is InChI=1S/C13H19NOS/c1-10-6-7-12(8-11(10)2)9-14-16(15)13(3,4)5/h6-9H,1-5H3. The van der Waals surface area contributed by atoms with Crippen molar-refractivity contribution in [3.8, 4) is 0 Å². The molecule has 0 aromatic heterocycles. The summed E-state index contributed by atoms with van der Waals surface area (Å²) >= 11 is -1.18. The lowest BCUT2D eigenvalue weighted by Gasteiger charge is -2.17. The SMILES string of the molecule is Cc1ccc(C=N[S+]([O-])C(C)(C)C)cc1C. The molecule has 0 saturated carbocycles. The molecule has 0 bridgehead atoms. The summed E-state index contributed by atoms with van der Waals surface area (Å²) in [4.78, 5) is 0. The molecule has 2 nitrogen and oxygen atoms in total. The van der Waals surface area contributed by atoms with Crippen molar-refractivity contribution >= 4 is 17.6 Å². The minimum absolute atomic E-state index is 0.295. The van der Waals surface area contributed by atoms with Gasteiger partial charge in [-0.15, -0.1) is 0 Å². The van der Waals surface area contributed by atoms with Crippen molar-refractivity contribution in [3.63, 3.8) is 0 Å². The van der Waals surface area contributed by atoms with Gasteiger partial charge in [0.2, 0.25) is 0 Å². The molecule has 0 heterocycles. The van der Waals surface area contributed by atoms with Crippen LogP contribution in [0.5, 0.6) is 0 Å². The van der Waals surface area contributed by atoms with Gasteiger partial charge in [-0.1, -0.05) is 22.6 Å². The molecule has 1 rings (SSSR count). The Labute approximate surface area is 101 Å². The van der Waals surface area contributed by atoms with E-state index in [0.29, 0.717) is 0 Å². The highest BCUT2D eigenvalue weighted by molar-refractivity contribution is 7.91. The zero-order valence-corrected chi connectivity index (χ0v) is 11.4. The molecular weight excluding hydrogens is 218 g/mol. The van der Waals surface area contributed by atoms with E-state index < -0.39 is 11.4 Å². The summed E-state index contributed by atoms with van der Waals surface area (Å²) in [6.45, 7) is 9.89. The Morgan fingerprint density at radius 3 is 2.31 bits per heavy atom. The average molecular weight is 237 g/mol. The quantitative estimate of drug-likeness (QED) is 0.574. The summed E-state index contributed by atoms with van der Waals surface area (Å²) < 4.78 is 15.5. The minimum atomic E-state index is -1.18.